The third-order valence-corrected chi connectivity index (χ3v) is 4.11. The normalized spacial score (nSPS) is 33.3. The van der Waals surface area contributed by atoms with Crippen molar-refractivity contribution in [1.82, 2.24) is 0 Å². The van der Waals surface area contributed by atoms with Gasteiger partial charge >= 0.3 is 0 Å². The first kappa shape index (κ1) is 16.3. The van der Waals surface area contributed by atoms with E-state index < -0.39 is 0 Å². The Morgan fingerprint density at radius 1 is 0.762 bits per heavy atom. The number of aliphatic imine (C=N–C) groups is 2. The molecule has 120 valence electrons. The number of hydrogen-bond donors (Lipinski definition) is 0. The van der Waals surface area contributed by atoms with Crippen LogP contribution in [0.1, 0.15) is 61.8 Å². The minimum atomic E-state index is 0.0875. The van der Waals surface area contributed by atoms with E-state index in [4.69, 9.17) is 9.47 Å². The molecule has 0 aliphatic carbocycles. The van der Waals surface area contributed by atoms with Gasteiger partial charge in [0, 0.05) is 10.8 Å². The van der Waals surface area contributed by atoms with Crippen LogP contribution in [0.4, 0.5) is 0 Å². The monoisotopic (exact) mass is 294 g/mol. The molecule has 4 heteroatoms. The molecule has 4 nitrogen and oxygen atoms in total. The molecule has 0 spiro atoms. The van der Waals surface area contributed by atoms with Crippen LogP contribution in [0, 0.1) is 10.8 Å². The maximum Gasteiger partial charge on any atom is 0.193 e. The first-order valence-corrected chi connectivity index (χ1v) is 7.95. The average Bonchev–Trinajstić information content (AvgIpc) is 2.81. The molecule has 0 saturated heterocycles. The van der Waals surface area contributed by atoms with Crippen LogP contribution in [0.2, 0.25) is 0 Å². The zero-order chi connectivity index (χ0) is 16.0. The van der Waals surface area contributed by atoms with Crippen molar-refractivity contribution in [1.29, 1.82) is 0 Å². The summed E-state index contributed by atoms with van der Waals surface area (Å²) in [5.41, 5.74) is 0.175. The van der Waals surface area contributed by atoms with Crippen molar-refractivity contribution in [2.45, 2.75) is 86.1 Å². The molecular weight excluding hydrogens is 264 g/mol. The van der Waals surface area contributed by atoms with Crippen LogP contribution >= 0.6 is 0 Å². The van der Waals surface area contributed by atoms with E-state index in [1.807, 2.05) is 0 Å². The van der Waals surface area contributed by atoms with E-state index in [1.165, 1.54) is 0 Å². The molecule has 0 aromatic rings. The van der Waals surface area contributed by atoms with Crippen molar-refractivity contribution in [2.24, 2.45) is 20.8 Å². The van der Waals surface area contributed by atoms with E-state index in [0.717, 1.165) is 11.8 Å². The summed E-state index contributed by atoms with van der Waals surface area (Å²) in [7, 11) is 0. The van der Waals surface area contributed by atoms with E-state index in [2.05, 4.69) is 65.4 Å². The molecule has 4 atom stereocenters. The fourth-order valence-corrected chi connectivity index (χ4v) is 3.25. The molecule has 21 heavy (non-hydrogen) atoms. The molecule has 0 radical (unpaired) electrons. The van der Waals surface area contributed by atoms with Gasteiger partial charge in [0.2, 0.25) is 0 Å². The molecule has 4 unspecified atom stereocenters. The zero-order valence-electron chi connectivity index (χ0n) is 14.7. The van der Waals surface area contributed by atoms with Gasteiger partial charge < -0.3 is 9.47 Å². The van der Waals surface area contributed by atoms with Crippen molar-refractivity contribution in [3.8, 4) is 0 Å². The first-order valence-electron chi connectivity index (χ1n) is 7.95. The van der Waals surface area contributed by atoms with Crippen LogP contribution in [0.5, 0.6) is 0 Å². The molecule has 0 amide bonds. The average molecular weight is 294 g/mol. The summed E-state index contributed by atoms with van der Waals surface area (Å²) in [5, 5.41) is 0. The third kappa shape index (κ3) is 3.58. The van der Waals surface area contributed by atoms with E-state index in [-0.39, 0.29) is 35.1 Å². The lowest BCUT2D eigenvalue weighted by Gasteiger charge is -2.29. The molecular formula is C17H30N2O2. The molecule has 2 aliphatic heterocycles. The highest BCUT2D eigenvalue weighted by molar-refractivity contribution is 5.98. The quantitative estimate of drug-likeness (QED) is 0.776. The molecule has 0 fully saturated rings. The smallest absolute Gasteiger partial charge is 0.193 e. The molecule has 0 aromatic carbocycles. The molecule has 0 N–H and O–H groups in total. The van der Waals surface area contributed by atoms with E-state index in [0.29, 0.717) is 6.42 Å². The number of ether oxygens (including phenoxy) is 2. The standard InChI is InChI=1S/C17H30N2O2/c1-10-14(16(3,4)5)20-12(18-10)9-13-19-11(2)15(21-13)17(6,7)8/h10-11,14-15H,9H2,1-8H3. The molecule has 2 heterocycles. The molecule has 2 aliphatic rings. The Hall–Kier alpha value is -1.06. The van der Waals surface area contributed by atoms with Crippen LogP contribution in [0.15, 0.2) is 9.98 Å². The zero-order valence-corrected chi connectivity index (χ0v) is 14.7. The van der Waals surface area contributed by atoms with Crippen LogP contribution in [0.3, 0.4) is 0 Å². The highest BCUT2D eigenvalue weighted by atomic mass is 16.5. The second kappa shape index (κ2) is 5.29. The van der Waals surface area contributed by atoms with E-state index >= 15 is 0 Å². The highest BCUT2D eigenvalue weighted by Crippen LogP contribution is 2.33. The number of nitrogens with zero attached hydrogens (tertiary/aromatic N) is 2. The maximum atomic E-state index is 6.05. The Morgan fingerprint density at radius 3 is 1.33 bits per heavy atom. The van der Waals surface area contributed by atoms with Crippen LogP contribution < -0.4 is 0 Å². The van der Waals surface area contributed by atoms with Crippen LogP contribution in [-0.2, 0) is 9.47 Å². The molecule has 2 rings (SSSR count). The largest absolute Gasteiger partial charge is 0.474 e. The SMILES string of the molecule is CC1N=C(CC2=NC(C)C(C(C)(C)C)O2)OC1C(C)(C)C. The Labute approximate surface area is 129 Å². The highest BCUT2D eigenvalue weighted by Gasteiger charge is 2.40. The van der Waals surface area contributed by atoms with Gasteiger partial charge in [0.15, 0.2) is 11.8 Å². The Balaban J connectivity index is 1.99. The Morgan fingerprint density at radius 2 is 1.10 bits per heavy atom. The summed E-state index contributed by atoms with van der Waals surface area (Å²) in [6.45, 7) is 17.4. The summed E-state index contributed by atoms with van der Waals surface area (Å²) >= 11 is 0. The fraction of sp³-hybridized carbons (Fsp3) is 0.882. The van der Waals surface area contributed by atoms with Gasteiger partial charge in [-0.05, 0) is 13.8 Å². The van der Waals surface area contributed by atoms with Crippen molar-refractivity contribution in [3.63, 3.8) is 0 Å². The lowest BCUT2D eigenvalue weighted by molar-refractivity contribution is 0.0729. The van der Waals surface area contributed by atoms with Gasteiger partial charge in [0.25, 0.3) is 0 Å². The van der Waals surface area contributed by atoms with Gasteiger partial charge in [-0.1, -0.05) is 41.5 Å². The molecule has 0 saturated carbocycles. The minimum Gasteiger partial charge on any atom is -0.474 e. The topological polar surface area (TPSA) is 43.2 Å². The second-order valence-electron chi connectivity index (χ2n) is 8.51. The van der Waals surface area contributed by atoms with Crippen molar-refractivity contribution < 1.29 is 9.47 Å². The first-order chi connectivity index (χ1) is 9.48. The van der Waals surface area contributed by atoms with Gasteiger partial charge in [-0.15, -0.1) is 0 Å². The van der Waals surface area contributed by atoms with E-state index in [9.17, 15) is 0 Å². The fourth-order valence-electron chi connectivity index (χ4n) is 3.25. The van der Waals surface area contributed by atoms with Crippen molar-refractivity contribution in [3.05, 3.63) is 0 Å². The maximum absolute atomic E-state index is 6.05. The minimum absolute atomic E-state index is 0.0875. The predicted octanol–water partition coefficient (Wildman–Crippen LogP) is 3.84. The van der Waals surface area contributed by atoms with E-state index in [1.54, 1.807) is 0 Å². The lowest BCUT2D eigenvalue weighted by Crippen LogP contribution is -2.35. The summed E-state index contributed by atoms with van der Waals surface area (Å²) < 4.78 is 12.1. The van der Waals surface area contributed by atoms with Crippen molar-refractivity contribution >= 4 is 11.8 Å². The summed E-state index contributed by atoms with van der Waals surface area (Å²) in [6.07, 6.45) is 0.837. The Kier molecular flexibility index (Phi) is 4.11. The van der Waals surface area contributed by atoms with Gasteiger partial charge in [0.05, 0.1) is 18.5 Å². The van der Waals surface area contributed by atoms with Gasteiger partial charge in [-0.25, -0.2) is 9.98 Å². The lowest BCUT2D eigenvalue weighted by atomic mass is 9.86. The van der Waals surface area contributed by atoms with Crippen LogP contribution in [0.25, 0.3) is 0 Å². The molecule has 0 aromatic heterocycles. The number of hydrogen-bond acceptors (Lipinski definition) is 4. The summed E-state index contributed by atoms with van der Waals surface area (Å²) in [4.78, 5) is 9.29. The van der Waals surface area contributed by atoms with Crippen molar-refractivity contribution in [2.75, 3.05) is 0 Å². The Bertz CT molecular complexity index is 412. The van der Waals surface area contributed by atoms with Gasteiger partial charge in [-0.3, -0.25) is 0 Å². The summed E-state index contributed by atoms with van der Waals surface area (Å²) in [5.74, 6) is 1.53. The summed E-state index contributed by atoms with van der Waals surface area (Å²) in [6, 6.07) is 0.385. The van der Waals surface area contributed by atoms with Gasteiger partial charge in [0.1, 0.15) is 12.2 Å². The van der Waals surface area contributed by atoms with Crippen LogP contribution in [-0.4, -0.2) is 36.1 Å². The van der Waals surface area contributed by atoms with Gasteiger partial charge in [-0.2, -0.15) is 0 Å². The third-order valence-electron chi connectivity index (χ3n) is 4.11. The second-order valence-corrected chi connectivity index (χ2v) is 8.51. The number of rotatable bonds is 2. The predicted molar refractivity (Wildman–Crippen MR) is 87.1 cm³/mol. The molecule has 0 bridgehead atoms.